The van der Waals surface area contributed by atoms with Crippen molar-refractivity contribution in [2.45, 2.75) is 6.54 Å². The summed E-state index contributed by atoms with van der Waals surface area (Å²) in [6.07, 6.45) is 3.35. The molecule has 0 unspecified atom stereocenters. The minimum Gasteiger partial charge on any atom is -0.262 e. The summed E-state index contributed by atoms with van der Waals surface area (Å²) in [6.45, 7) is 0.498. The number of pyridine rings is 1. The minimum atomic E-state index is -0.242. The molecule has 3 rings (SSSR count). The number of aromatic nitrogens is 4. The van der Waals surface area contributed by atoms with Gasteiger partial charge in [-0.15, -0.1) is 5.10 Å². The first-order chi connectivity index (χ1) is 8.33. The Labute approximate surface area is 96.7 Å². The Balaban J connectivity index is 2.00. The summed E-state index contributed by atoms with van der Waals surface area (Å²) in [4.78, 5) is 3.97. The maximum absolute atomic E-state index is 13.1. The van der Waals surface area contributed by atoms with Crippen molar-refractivity contribution in [1.29, 1.82) is 0 Å². The molecule has 0 bridgehead atoms. The molecule has 84 valence electrons. The number of fused-ring (bicyclic) bond motifs is 1. The number of hydrogen-bond acceptors (Lipinski definition) is 3. The molecular weight excluding hydrogens is 219 g/mol. The van der Waals surface area contributed by atoms with Gasteiger partial charge in [-0.25, -0.2) is 9.07 Å². The third kappa shape index (κ3) is 1.87. The molecule has 0 saturated heterocycles. The zero-order chi connectivity index (χ0) is 11.7. The molecular formula is C12H9FN4. The predicted molar refractivity (Wildman–Crippen MR) is 60.8 cm³/mol. The van der Waals surface area contributed by atoms with Gasteiger partial charge in [-0.1, -0.05) is 17.3 Å². The number of nitrogens with zero attached hydrogens (tertiary/aromatic N) is 4. The smallest absolute Gasteiger partial charge is 0.131 e. The van der Waals surface area contributed by atoms with E-state index < -0.39 is 0 Å². The highest BCUT2D eigenvalue weighted by Crippen LogP contribution is 2.11. The molecule has 5 heteroatoms. The Kier molecular flexibility index (Phi) is 2.29. The van der Waals surface area contributed by atoms with Gasteiger partial charge in [0.1, 0.15) is 11.3 Å². The Morgan fingerprint density at radius 1 is 1.24 bits per heavy atom. The van der Waals surface area contributed by atoms with Crippen LogP contribution in [0.3, 0.4) is 0 Å². The molecule has 0 aliphatic heterocycles. The lowest BCUT2D eigenvalue weighted by Gasteiger charge is -2.02. The fourth-order valence-electron chi connectivity index (χ4n) is 1.75. The first-order valence-electron chi connectivity index (χ1n) is 5.20. The topological polar surface area (TPSA) is 43.6 Å². The second kappa shape index (κ2) is 3.93. The van der Waals surface area contributed by atoms with Gasteiger partial charge in [0, 0.05) is 6.20 Å². The second-order valence-corrected chi connectivity index (χ2v) is 3.74. The zero-order valence-electron chi connectivity index (χ0n) is 8.92. The fourth-order valence-corrected chi connectivity index (χ4v) is 1.75. The van der Waals surface area contributed by atoms with Gasteiger partial charge in [-0.3, -0.25) is 4.98 Å². The van der Waals surface area contributed by atoms with Crippen LogP contribution in [0.4, 0.5) is 4.39 Å². The van der Waals surface area contributed by atoms with E-state index in [1.54, 1.807) is 23.1 Å². The number of rotatable bonds is 2. The standard InChI is InChI=1S/C12H9FN4/c13-10-3-1-2-9(6-10)8-17-12-4-5-14-7-11(12)15-16-17/h1-7H,8H2. The van der Waals surface area contributed by atoms with Crippen molar-refractivity contribution in [2.75, 3.05) is 0 Å². The van der Waals surface area contributed by atoms with Crippen molar-refractivity contribution in [3.05, 3.63) is 54.1 Å². The summed E-state index contributed by atoms with van der Waals surface area (Å²) in [5.74, 6) is -0.242. The largest absolute Gasteiger partial charge is 0.262 e. The monoisotopic (exact) mass is 228 g/mol. The normalized spacial score (nSPS) is 10.9. The molecule has 1 aromatic carbocycles. The van der Waals surface area contributed by atoms with E-state index >= 15 is 0 Å². The third-order valence-electron chi connectivity index (χ3n) is 2.54. The lowest BCUT2D eigenvalue weighted by Crippen LogP contribution is -2.02. The van der Waals surface area contributed by atoms with E-state index in [1.165, 1.54) is 12.1 Å². The lowest BCUT2D eigenvalue weighted by molar-refractivity contribution is 0.618. The third-order valence-corrected chi connectivity index (χ3v) is 2.54. The molecule has 0 spiro atoms. The van der Waals surface area contributed by atoms with Gasteiger partial charge in [0.25, 0.3) is 0 Å². The molecule has 0 N–H and O–H groups in total. The highest BCUT2D eigenvalue weighted by molar-refractivity contribution is 5.72. The van der Waals surface area contributed by atoms with Gasteiger partial charge in [-0.2, -0.15) is 0 Å². The van der Waals surface area contributed by atoms with E-state index in [0.29, 0.717) is 6.54 Å². The highest BCUT2D eigenvalue weighted by atomic mass is 19.1. The van der Waals surface area contributed by atoms with Crippen LogP contribution in [0.5, 0.6) is 0 Å². The van der Waals surface area contributed by atoms with Crippen molar-refractivity contribution >= 4 is 11.0 Å². The maximum Gasteiger partial charge on any atom is 0.131 e. The Bertz CT molecular complexity index is 662. The lowest BCUT2D eigenvalue weighted by atomic mass is 10.2. The summed E-state index contributed by atoms with van der Waals surface area (Å²) >= 11 is 0. The summed E-state index contributed by atoms with van der Waals surface area (Å²) in [7, 11) is 0. The summed E-state index contributed by atoms with van der Waals surface area (Å²) in [5.41, 5.74) is 2.49. The van der Waals surface area contributed by atoms with Gasteiger partial charge >= 0.3 is 0 Å². The predicted octanol–water partition coefficient (Wildman–Crippen LogP) is 2.01. The van der Waals surface area contributed by atoms with E-state index in [4.69, 9.17) is 0 Å². The van der Waals surface area contributed by atoms with Gasteiger partial charge in [0.05, 0.1) is 18.3 Å². The molecule has 0 atom stereocenters. The van der Waals surface area contributed by atoms with E-state index in [0.717, 1.165) is 16.6 Å². The summed E-state index contributed by atoms with van der Waals surface area (Å²) in [6, 6.07) is 8.30. The van der Waals surface area contributed by atoms with Crippen LogP contribution in [0.15, 0.2) is 42.7 Å². The molecule has 0 radical (unpaired) electrons. The molecule has 0 aliphatic rings. The molecule has 2 heterocycles. The summed E-state index contributed by atoms with van der Waals surface area (Å²) in [5, 5.41) is 8.02. The van der Waals surface area contributed by atoms with Gasteiger partial charge in [0.15, 0.2) is 0 Å². The number of hydrogen-bond donors (Lipinski definition) is 0. The van der Waals surface area contributed by atoms with E-state index in [-0.39, 0.29) is 5.82 Å². The Hall–Kier alpha value is -2.30. The van der Waals surface area contributed by atoms with Crippen molar-refractivity contribution in [2.24, 2.45) is 0 Å². The van der Waals surface area contributed by atoms with E-state index in [2.05, 4.69) is 15.3 Å². The second-order valence-electron chi connectivity index (χ2n) is 3.74. The van der Waals surface area contributed by atoms with E-state index in [1.807, 2.05) is 12.1 Å². The van der Waals surface area contributed by atoms with Gasteiger partial charge < -0.3 is 0 Å². The van der Waals surface area contributed by atoms with Crippen LogP contribution in [0.1, 0.15) is 5.56 Å². The average molecular weight is 228 g/mol. The first kappa shape index (κ1) is 9.89. The van der Waals surface area contributed by atoms with Gasteiger partial charge in [-0.05, 0) is 23.8 Å². The summed E-state index contributed by atoms with van der Waals surface area (Å²) < 4.78 is 14.8. The minimum absolute atomic E-state index is 0.242. The first-order valence-corrected chi connectivity index (χ1v) is 5.20. The molecule has 3 aromatic rings. The SMILES string of the molecule is Fc1cccc(Cn2nnc3cnccc32)c1. The van der Waals surface area contributed by atoms with Gasteiger partial charge in [0.2, 0.25) is 0 Å². The maximum atomic E-state index is 13.1. The van der Waals surface area contributed by atoms with Crippen LogP contribution >= 0.6 is 0 Å². The van der Waals surface area contributed by atoms with Crippen LogP contribution in [0.25, 0.3) is 11.0 Å². The molecule has 17 heavy (non-hydrogen) atoms. The molecule has 0 amide bonds. The van der Waals surface area contributed by atoms with Crippen LogP contribution in [-0.4, -0.2) is 20.0 Å². The molecule has 0 aliphatic carbocycles. The van der Waals surface area contributed by atoms with Crippen molar-refractivity contribution in [1.82, 2.24) is 20.0 Å². The zero-order valence-corrected chi connectivity index (χ0v) is 8.92. The molecule has 0 saturated carbocycles. The molecule has 2 aromatic heterocycles. The van der Waals surface area contributed by atoms with Crippen LogP contribution in [0.2, 0.25) is 0 Å². The van der Waals surface area contributed by atoms with E-state index in [9.17, 15) is 4.39 Å². The fraction of sp³-hybridized carbons (Fsp3) is 0.0833. The van der Waals surface area contributed by atoms with Crippen molar-refractivity contribution < 1.29 is 4.39 Å². The average Bonchev–Trinajstić information content (AvgIpc) is 2.73. The van der Waals surface area contributed by atoms with Crippen molar-refractivity contribution in [3.8, 4) is 0 Å². The highest BCUT2D eigenvalue weighted by Gasteiger charge is 2.04. The van der Waals surface area contributed by atoms with Crippen molar-refractivity contribution in [3.63, 3.8) is 0 Å². The number of halogens is 1. The quantitative estimate of drug-likeness (QED) is 0.674. The van der Waals surface area contributed by atoms with Crippen LogP contribution in [-0.2, 0) is 6.54 Å². The Morgan fingerprint density at radius 3 is 3.06 bits per heavy atom. The molecule has 0 fully saturated rings. The molecule has 4 nitrogen and oxygen atoms in total. The van der Waals surface area contributed by atoms with Crippen LogP contribution in [0, 0.1) is 5.82 Å². The number of benzene rings is 1. The van der Waals surface area contributed by atoms with Crippen LogP contribution < -0.4 is 0 Å². The Morgan fingerprint density at radius 2 is 2.18 bits per heavy atom.